The highest BCUT2D eigenvalue weighted by Gasteiger charge is 2.37. The van der Waals surface area contributed by atoms with Crippen LogP contribution in [-0.4, -0.2) is 22.2 Å². The first-order chi connectivity index (χ1) is 6.45. The van der Waals surface area contributed by atoms with E-state index in [0.717, 1.165) is 24.3 Å². The largest absolute Gasteiger partial charge is 0.508 e. The fourth-order valence-electron chi connectivity index (χ4n) is 0.897. The van der Waals surface area contributed by atoms with Gasteiger partial charge in [-0.25, -0.2) is 0 Å². The molecule has 0 fully saturated rings. The molecular formula is C8H6F3NO2. The molecular weight excluding hydrogens is 199 g/mol. The number of phenols is 1. The summed E-state index contributed by atoms with van der Waals surface area (Å²) in [6.07, 6.45) is -4.72. The van der Waals surface area contributed by atoms with Gasteiger partial charge in [-0.1, -0.05) is 5.16 Å². The molecule has 76 valence electrons. The summed E-state index contributed by atoms with van der Waals surface area (Å²) < 4.78 is 36.5. The maximum Gasteiger partial charge on any atom is 0.437 e. The molecule has 0 atom stereocenters. The van der Waals surface area contributed by atoms with E-state index in [-0.39, 0.29) is 11.3 Å². The van der Waals surface area contributed by atoms with Gasteiger partial charge >= 0.3 is 6.18 Å². The van der Waals surface area contributed by atoms with Gasteiger partial charge in [0.1, 0.15) is 5.75 Å². The highest BCUT2D eigenvalue weighted by molar-refractivity contribution is 6.04. The van der Waals surface area contributed by atoms with E-state index in [1.807, 2.05) is 0 Å². The van der Waals surface area contributed by atoms with Crippen LogP contribution >= 0.6 is 0 Å². The van der Waals surface area contributed by atoms with Crippen LogP contribution < -0.4 is 0 Å². The van der Waals surface area contributed by atoms with E-state index in [0.29, 0.717) is 0 Å². The highest BCUT2D eigenvalue weighted by atomic mass is 19.4. The fraction of sp³-hybridized carbons (Fsp3) is 0.125. The summed E-state index contributed by atoms with van der Waals surface area (Å²) in [5.41, 5.74) is -1.70. The van der Waals surface area contributed by atoms with Crippen LogP contribution in [0.4, 0.5) is 13.2 Å². The van der Waals surface area contributed by atoms with Crippen molar-refractivity contribution in [3.8, 4) is 5.75 Å². The molecule has 3 nitrogen and oxygen atoms in total. The number of rotatable bonds is 1. The maximum absolute atomic E-state index is 12.2. The first-order valence-corrected chi connectivity index (χ1v) is 3.54. The van der Waals surface area contributed by atoms with Gasteiger partial charge in [0.15, 0.2) is 5.71 Å². The standard InChI is InChI=1S/C8H6F3NO2/c9-8(10,11)7(12-14)5-1-3-6(13)4-2-5/h1-4,13-14H. The van der Waals surface area contributed by atoms with Crippen LogP contribution in [-0.2, 0) is 0 Å². The molecule has 0 unspecified atom stereocenters. The zero-order valence-corrected chi connectivity index (χ0v) is 6.78. The van der Waals surface area contributed by atoms with Gasteiger partial charge < -0.3 is 10.3 Å². The van der Waals surface area contributed by atoms with Crippen molar-refractivity contribution in [1.29, 1.82) is 0 Å². The number of alkyl halides is 3. The van der Waals surface area contributed by atoms with Gasteiger partial charge in [0.25, 0.3) is 0 Å². The van der Waals surface area contributed by atoms with Crippen LogP contribution in [0, 0.1) is 0 Å². The topological polar surface area (TPSA) is 52.8 Å². The lowest BCUT2D eigenvalue weighted by Crippen LogP contribution is -2.23. The van der Waals surface area contributed by atoms with Gasteiger partial charge in [-0.2, -0.15) is 13.2 Å². The third-order valence-corrected chi connectivity index (χ3v) is 1.51. The average Bonchev–Trinajstić information content (AvgIpc) is 2.07. The normalized spacial score (nSPS) is 12.9. The summed E-state index contributed by atoms with van der Waals surface area (Å²) in [6.45, 7) is 0. The molecule has 0 aliphatic heterocycles. The summed E-state index contributed by atoms with van der Waals surface area (Å²) in [5, 5.41) is 19.2. The molecule has 14 heavy (non-hydrogen) atoms. The smallest absolute Gasteiger partial charge is 0.437 e. The molecule has 0 aliphatic rings. The molecule has 0 radical (unpaired) electrons. The molecule has 0 saturated carbocycles. The van der Waals surface area contributed by atoms with Crippen molar-refractivity contribution in [2.75, 3.05) is 0 Å². The Labute approximate surface area is 77.1 Å². The Morgan fingerprint density at radius 1 is 1.14 bits per heavy atom. The first-order valence-electron chi connectivity index (χ1n) is 3.54. The SMILES string of the molecule is ON=C(c1ccc(O)cc1)C(F)(F)F. The lowest BCUT2D eigenvalue weighted by molar-refractivity contribution is -0.0601. The minimum absolute atomic E-state index is 0.159. The summed E-state index contributed by atoms with van der Waals surface area (Å²) in [7, 11) is 0. The van der Waals surface area contributed by atoms with E-state index in [1.54, 1.807) is 0 Å². The summed E-state index contributed by atoms with van der Waals surface area (Å²) >= 11 is 0. The molecule has 0 aromatic heterocycles. The average molecular weight is 205 g/mol. The number of oxime groups is 1. The van der Waals surface area contributed by atoms with E-state index in [4.69, 9.17) is 10.3 Å². The second kappa shape index (κ2) is 3.57. The van der Waals surface area contributed by atoms with Crippen LogP contribution in [0.3, 0.4) is 0 Å². The van der Waals surface area contributed by atoms with Crippen molar-refractivity contribution >= 4 is 5.71 Å². The third-order valence-electron chi connectivity index (χ3n) is 1.51. The summed E-state index contributed by atoms with van der Waals surface area (Å²) in [6, 6.07) is 4.17. The minimum Gasteiger partial charge on any atom is -0.508 e. The number of aromatic hydroxyl groups is 1. The predicted octanol–water partition coefficient (Wildman–Crippen LogP) is 2.13. The van der Waals surface area contributed by atoms with Crippen molar-refractivity contribution in [3.63, 3.8) is 0 Å². The molecule has 0 saturated heterocycles. The molecule has 1 rings (SSSR count). The van der Waals surface area contributed by atoms with Crippen LogP contribution in [0.25, 0.3) is 0 Å². The van der Waals surface area contributed by atoms with Crippen molar-refractivity contribution in [1.82, 2.24) is 0 Å². The van der Waals surface area contributed by atoms with Gasteiger partial charge in [0.05, 0.1) is 0 Å². The summed E-state index contributed by atoms with van der Waals surface area (Å²) in [5.74, 6) is -0.159. The van der Waals surface area contributed by atoms with Gasteiger partial charge in [-0.05, 0) is 24.3 Å². The Balaban J connectivity index is 3.10. The summed E-state index contributed by atoms with van der Waals surface area (Å²) in [4.78, 5) is 0. The number of nitrogens with zero attached hydrogens (tertiary/aromatic N) is 1. The van der Waals surface area contributed by atoms with Crippen molar-refractivity contribution in [2.24, 2.45) is 5.16 Å². The Kier molecular flexibility index (Phi) is 2.64. The number of halogens is 3. The Morgan fingerprint density at radius 2 is 1.64 bits per heavy atom. The van der Waals surface area contributed by atoms with E-state index in [2.05, 4.69) is 5.16 Å². The first kappa shape index (κ1) is 10.4. The lowest BCUT2D eigenvalue weighted by Gasteiger charge is -2.07. The molecule has 6 heteroatoms. The molecule has 0 amide bonds. The maximum atomic E-state index is 12.2. The minimum atomic E-state index is -4.72. The molecule has 0 bridgehead atoms. The number of hydrogen-bond donors (Lipinski definition) is 2. The van der Waals surface area contributed by atoms with Crippen molar-refractivity contribution in [2.45, 2.75) is 6.18 Å². The van der Waals surface area contributed by atoms with E-state index in [9.17, 15) is 13.2 Å². The molecule has 1 aromatic carbocycles. The number of phenolic OH excluding ortho intramolecular Hbond substituents is 1. The van der Waals surface area contributed by atoms with Crippen LogP contribution in [0.2, 0.25) is 0 Å². The Hall–Kier alpha value is -1.72. The monoisotopic (exact) mass is 205 g/mol. The molecule has 1 aromatic rings. The van der Waals surface area contributed by atoms with E-state index >= 15 is 0 Å². The second-order valence-corrected chi connectivity index (χ2v) is 2.49. The second-order valence-electron chi connectivity index (χ2n) is 2.49. The van der Waals surface area contributed by atoms with E-state index in [1.165, 1.54) is 0 Å². The van der Waals surface area contributed by atoms with Gasteiger partial charge in [0, 0.05) is 5.56 Å². The highest BCUT2D eigenvalue weighted by Crippen LogP contribution is 2.23. The molecule has 0 spiro atoms. The third kappa shape index (κ3) is 2.15. The molecule has 0 aliphatic carbocycles. The van der Waals surface area contributed by atoms with Gasteiger partial charge in [0.2, 0.25) is 0 Å². The quantitative estimate of drug-likeness (QED) is 0.419. The number of benzene rings is 1. The number of hydrogen-bond acceptors (Lipinski definition) is 3. The lowest BCUT2D eigenvalue weighted by atomic mass is 10.1. The van der Waals surface area contributed by atoms with Crippen LogP contribution in [0.5, 0.6) is 5.75 Å². The Bertz CT molecular complexity index is 343. The van der Waals surface area contributed by atoms with E-state index < -0.39 is 11.9 Å². The molecule has 2 N–H and O–H groups in total. The zero-order chi connectivity index (χ0) is 10.8. The fourth-order valence-corrected chi connectivity index (χ4v) is 0.897. The van der Waals surface area contributed by atoms with Crippen molar-refractivity contribution < 1.29 is 23.5 Å². The van der Waals surface area contributed by atoms with Crippen molar-refractivity contribution in [3.05, 3.63) is 29.8 Å². The van der Waals surface area contributed by atoms with Gasteiger partial charge in [-0.15, -0.1) is 0 Å². The zero-order valence-electron chi connectivity index (χ0n) is 6.78. The van der Waals surface area contributed by atoms with Gasteiger partial charge in [-0.3, -0.25) is 0 Å². The Morgan fingerprint density at radius 3 is 2.00 bits per heavy atom. The van der Waals surface area contributed by atoms with Crippen LogP contribution in [0.15, 0.2) is 29.4 Å². The molecule has 0 heterocycles. The van der Waals surface area contributed by atoms with Crippen LogP contribution in [0.1, 0.15) is 5.56 Å². The predicted molar refractivity (Wildman–Crippen MR) is 42.5 cm³/mol.